The van der Waals surface area contributed by atoms with Gasteiger partial charge in [0, 0.05) is 0 Å². The maximum absolute atomic E-state index is 5.46. The summed E-state index contributed by atoms with van der Waals surface area (Å²) in [5.41, 5.74) is 12.2. The maximum atomic E-state index is 5.46. The van der Waals surface area contributed by atoms with E-state index >= 15 is 0 Å². The van der Waals surface area contributed by atoms with Crippen molar-refractivity contribution in [3.63, 3.8) is 0 Å². The highest BCUT2D eigenvalue weighted by atomic mass is 14.8. The SMILES string of the molecule is CCC(C)(C)C(C)=C(N)N. The maximum Gasteiger partial charge on any atom is 0.0927 e. The molecule has 0 heterocycles. The van der Waals surface area contributed by atoms with Gasteiger partial charge in [0.15, 0.2) is 0 Å². The van der Waals surface area contributed by atoms with Crippen molar-refractivity contribution in [2.75, 3.05) is 0 Å². The second-order valence-corrected chi connectivity index (χ2v) is 3.32. The van der Waals surface area contributed by atoms with Gasteiger partial charge in [0.25, 0.3) is 0 Å². The molecule has 0 amide bonds. The van der Waals surface area contributed by atoms with Gasteiger partial charge in [-0.3, -0.25) is 0 Å². The van der Waals surface area contributed by atoms with Crippen LogP contribution in [-0.4, -0.2) is 0 Å². The first-order valence-electron chi connectivity index (χ1n) is 3.64. The van der Waals surface area contributed by atoms with Crippen LogP contribution in [0.15, 0.2) is 11.4 Å². The number of nitrogens with two attached hydrogens (primary N) is 2. The Kier molecular flexibility index (Phi) is 2.76. The molecule has 0 atom stereocenters. The Morgan fingerprint density at radius 1 is 1.30 bits per heavy atom. The van der Waals surface area contributed by atoms with Gasteiger partial charge in [-0.2, -0.15) is 0 Å². The highest BCUT2D eigenvalue weighted by molar-refractivity contribution is 5.13. The molecule has 0 rings (SSSR count). The van der Waals surface area contributed by atoms with E-state index in [1.54, 1.807) is 0 Å². The third-order valence-electron chi connectivity index (χ3n) is 2.33. The Morgan fingerprint density at radius 2 is 1.70 bits per heavy atom. The summed E-state index contributed by atoms with van der Waals surface area (Å²) in [6, 6.07) is 0. The molecular weight excluding hydrogens is 124 g/mol. The normalized spacial score (nSPS) is 11.2. The molecule has 0 aliphatic heterocycles. The zero-order chi connectivity index (χ0) is 8.36. The fraction of sp³-hybridized carbons (Fsp3) is 0.750. The fourth-order valence-electron chi connectivity index (χ4n) is 0.656. The summed E-state index contributed by atoms with van der Waals surface area (Å²) < 4.78 is 0. The van der Waals surface area contributed by atoms with E-state index in [4.69, 9.17) is 11.5 Å². The Hall–Kier alpha value is -0.660. The monoisotopic (exact) mass is 142 g/mol. The van der Waals surface area contributed by atoms with Gasteiger partial charge >= 0.3 is 0 Å². The topological polar surface area (TPSA) is 52.0 Å². The van der Waals surface area contributed by atoms with Crippen molar-refractivity contribution in [1.82, 2.24) is 0 Å². The van der Waals surface area contributed by atoms with E-state index in [-0.39, 0.29) is 5.41 Å². The predicted molar refractivity (Wildman–Crippen MR) is 45.1 cm³/mol. The van der Waals surface area contributed by atoms with Gasteiger partial charge in [0.1, 0.15) is 0 Å². The molecule has 0 bridgehead atoms. The summed E-state index contributed by atoms with van der Waals surface area (Å²) in [6.45, 7) is 8.40. The summed E-state index contributed by atoms with van der Waals surface area (Å²) in [5.74, 6) is 0.465. The van der Waals surface area contributed by atoms with Crippen molar-refractivity contribution in [1.29, 1.82) is 0 Å². The molecule has 0 spiro atoms. The van der Waals surface area contributed by atoms with Crippen LogP contribution in [0.25, 0.3) is 0 Å². The van der Waals surface area contributed by atoms with E-state index in [0.29, 0.717) is 5.82 Å². The van der Waals surface area contributed by atoms with E-state index in [0.717, 1.165) is 12.0 Å². The average molecular weight is 142 g/mol. The van der Waals surface area contributed by atoms with Gasteiger partial charge in [-0.15, -0.1) is 0 Å². The first-order chi connectivity index (χ1) is 4.41. The molecule has 0 unspecified atom stereocenters. The quantitative estimate of drug-likeness (QED) is 0.615. The van der Waals surface area contributed by atoms with Crippen LogP contribution < -0.4 is 11.5 Å². The second kappa shape index (κ2) is 2.95. The minimum absolute atomic E-state index is 0.152. The fourth-order valence-corrected chi connectivity index (χ4v) is 0.656. The minimum atomic E-state index is 0.152. The lowest BCUT2D eigenvalue weighted by Crippen LogP contribution is -2.20. The average Bonchev–Trinajstić information content (AvgIpc) is 1.86. The molecule has 0 aliphatic rings. The zero-order valence-corrected chi connectivity index (χ0v) is 7.36. The van der Waals surface area contributed by atoms with Crippen molar-refractivity contribution >= 4 is 0 Å². The molecule has 0 saturated carbocycles. The van der Waals surface area contributed by atoms with E-state index in [2.05, 4.69) is 20.8 Å². The third-order valence-corrected chi connectivity index (χ3v) is 2.33. The lowest BCUT2D eigenvalue weighted by Gasteiger charge is -2.24. The summed E-state index contributed by atoms with van der Waals surface area (Å²) in [6.07, 6.45) is 1.07. The molecular formula is C8H18N2. The second-order valence-electron chi connectivity index (χ2n) is 3.32. The Balaban J connectivity index is 4.49. The molecule has 0 saturated heterocycles. The summed E-state index contributed by atoms with van der Waals surface area (Å²) in [5, 5.41) is 0. The molecule has 4 N–H and O–H groups in total. The van der Waals surface area contributed by atoms with Gasteiger partial charge in [-0.25, -0.2) is 0 Å². The van der Waals surface area contributed by atoms with Crippen molar-refractivity contribution in [3.05, 3.63) is 11.4 Å². The summed E-state index contributed by atoms with van der Waals surface area (Å²) in [4.78, 5) is 0. The van der Waals surface area contributed by atoms with E-state index in [9.17, 15) is 0 Å². The van der Waals surface area contributed by atoms with Gasteiger partial charge in [0.05, 0.1) is 5.82 Å². The van der Waals surface area contributed by atoms with Crippen LogP contribution in [0.1, 0.15) is 34.1 Å². The summed E-state index contributed by atoms with van der Waals surface area (Å²) >= 11 is 0. The molecule has 0 fully saturated rings. The molecule has 0 aliphatic carbocycles. The molecule has 0 aromatic heterocycles. The number of hydrogen-bond acceptors (Lipinski definition) is 2. The highest BCUT2D eigenvalue weighted by Crippen LogP contribution is 2.29. The van der Waals surface area contributed by atoms with Crippen molar-refractivity contribution in [2.24, 2.45) is 16.9 Å². The van der Waals surface area contributed by atoms with Crippen LogP contribution in [0.5, 0.6) is 0 Å². The molecule has 2 heteroatoms. The largest absolute Gasteiger partial charge is 0.386 e. The molecule has 10 heavy (non-hydrogen) atoms. The Morgan fingerprint density at radius 3 is 1.80 bits per heavy atom. The third kappa shape index (κ3) is 1.94. The van der Waals surface area contributed by atoms with E-state index in [1.807, 2.05) is 6.92 Å². The van der Waals surface area contributed by atoms with Gasteiger partial charge in [-0.1, -0.05) is 20.8 Å². The molecule has 60 valence electrons. The Labute approximate surface area is 63.3 Å². The van der Waals surface area contributed by atoms with Crippen LogP contribution in [-0.2, 0) is 0 Å². The van der Waals surface area contributed by atoms with Crippen LogP contribution in [0, 0.1) is 5.41 Å². The van der Waals surface area contributed by atoms with Crippen LogP contribution in [0.2, 0.25) is 0 Å². The first-order valence-corrected chi connectivity index (χ1v) is 3.64. The molecule has 0 aromatic rings. The van der Waals surface area contributed by atoms with Crippen molar-refractivity contribution in [3.8, 4) is 0 Å². The predicted octanol–water partition coefficient (Wildman–Crippen LogP) is 1.57. The van der Waals surface area contributed by atoms with Crippen LogP contribution in [0.3, 0.4) is 0 Å². The smallest absolute Gasteiger partial charge is 0.0927 e. The Bertz CT molecular complexity index is 141. The zero-order valence-electron chi connectivity index (χ0n) is 7.36. The van der Waals surface area contributed by atoms with Crippen molar-refractivity contribution in [2.45, 2.75) is 34.1 Å². The first kappa shape index (κ1) is 9.34. The molecule has 2 nitrogen and oxygen atoms in total. The highest BCUT2D eigenvalue weighted by Gasteiger charge is 2.18. The summed E-state index contributed by atoms with van der Waals surface area (Å²) in [7, 11) is 0. The number of hydrogen-bond donors (Lipinski definition) is 2. The van der Waals surface area contributed by atoms with Gasteiger partial charge in [0.2, 0.25) is 0 Å². The van der Waals surface area contributed by atoms with Crippen molar-refractivity contribution < 1.29 is 0 Å². The van der Waals surface area contributed by atoms with Gasteiger partial charge < -0.3 is 11.5 Å². The lowest BCUT2D eigenvalue weighted by molar-refractivity contribution is 0.424. The minimum Gasteiger partial charge on any atom is -0.386 e. The van der Waals surface area contributed by atoms with Gasteiger partial charge in [-0.05, 0) is 24.3 Å². The number of rotatable bonds is 2. The van der Waals surface area contributed by atoms with Crippen LogP contribution >= 0.6 is 0 Å². The van der Waals surface area contributed by atoms with Crippen LogP contribution in [0.4, 0.5) is 0 Å². The molecule has 0 aromatic carbocycles. The molecule has 0 radical (unpaired) electrons. The number of allylic oxidation sites excluding steroid dienone is 1. The lowest BCUT2D eigenvalue weighted by atomic mass is 9.82. The van der Waals surface area contributed by atoms with E-state index in [1.165, 1.54) is 0 Å². The van der Waals surface area contributed by atoms with E-state index < -0.39 is 0 Å². The standard InChI is InChI=1S/C8H18N2/c1-5-8(3,4)6(2)7(9)10/h5,9-10H2,1-4H3.